The second-order valence-corrected chi connectivity index (χ2v) is 6.82. The number of esters is 1. The second-order valence-electron chi connectivity index (χ2n) is 4.80. The topological polar surface area (TPSA) is 108 Å². The summed E-state index contributed by atoms with van der Waals surface area (Å²) in [7, 11) is 0. The van der Waals surface area contributed by atoms with Gasteiger partial charge in [-0.05, 0) is 54.1 Å². The SMILES string of the molecule is CCOC(=O)COc1c(I)cc(C=NNc2nc(N)cs2)cc1OCC. The number of ether oxygens (including phenoxy) is 3. The molecule has 2 rings (SSSR count). The molecule has 10 heteroatoms. The maximum atomic E-state index is 11.5. The Kier molecular flexibility index (Phi) is 7.91. The number of nitrogens with two attached hydrogens (primary N) is 1. The zero-order chi connectivity index (χ0) is 18.9. The minimum atomic E-state index is -0.427. The van der Waals surface area contributed by atoms with Crippen molar-refractivity contribution in [2.24, 2.45) is 5.10 Å². The van der Waals surface area contributed by atoms with E-state index < -0.39 is 5.97 Å². The van der Waals surface area contributed by atoms with Crippen LogP contribution in [0.5, 0.6) is 11.5 Å². The van der Waals surface area contributed by atoms with Gasteiger partial charge in [-0.15, -0.1) is 11.3 Å². The van der Waals surface area contributed by atoms with Gasteiger partial charge in [0.1, 0.15) is 5.82 Å². The van der Waals surface area contributed by atoms with Gasteiger partial charge >= 0.3 is 5.97 Å². The predicted molar refractivity (Wildman–Crippen MR) is 110 cm³/mol. The van der Waals surface area contributed by atoms with Crippen LogP contribution in [0, 0.1) is 3.57 Å². The molecule has 140 valence electrons. The van der Waals surface area contributed by atoms with Crippen LogP contribution in [0.3, 0.4) is 0 Å². The number of benzene rings is 1. The molecule has 0 spiro atoms. The van der Waals surface area contributed by atoms with Crippen LogP contribution in [0.4, 0.5) is 10.9 Å². The van der Waals surface area contributed by atoms with Crippen LogP contribution in [0.1, 0.15) is 19.4 Å². The number of hydrazone groups is 1. The average molecular weight is 490 g/mol. The lowest BCUT2D eigenvalue weighted by molar-refractivity contribution is -0.145. The fraction of sp³-hybridized carbons (Fsp3) is 0.312. The Balaban J connectivity index is 2.12. The molecule has 0 bridgehead atoms. The molecule has 0 unspecified atom stereocenters. The first kappa shape index (κ1) is 20.2. The molecule has 0 atom stereocenters. The number of anilines is 2. The molecule has 0 aliphatic rings. The number of thiazole rings is 1. The Morgan fingerprint density at radius 1 is 1.38 bits per heavy atom. The predicted octanol–water partition coefficient (Wildman–Crippen LogP) is 3.12. The fourth-order valence-corrected chi connectivity index (χ4v) is 3.23. The minimum Gasteiger partial charge on any atom is -0.490 e. The number of nitrogen functional groups attached to an aromatic ring is 1. The number of rotatable bonds is 9. The largest absolute Gasteiger partial charge is 0.490 e. The molecule has 0 fully saturated rings. The first-order valence-electron chi connectivity index (χ1n) is 7.78. The number of hydrogen-bond donors (Lipinski definition) is 2. The first-order chi connectivity index (χ1) is 12.5. The van der Waals surface area contributed by atoms with E-state index in [0.717, 1.165) is 9.13 Å². The molecule has 3 N–H and O–H groups in total. The third-order valence-corrected chi connectivity index (χ3v) is 4.43. The summed E-state index contributed by atoms with van der Waals surface area (Å²) >= 11 is 3.48. The molecule has 8 nitrogen and oxygen atoms in total. The van der Waals surface area contributed by atoms with Crippen molar-refractivity contribution in [1.29, 1.82) is 0 Å². The van der Waals surface area contributed by atoms with Crippen LogP contribution >= 0.6 is 33.9 Å². The van der Waals surface area contributed by atoms with Gasteiger partial charge in [0.15, 0.2) is 18.1 Å². The molecular weight excluding hydrogens is 471 g/mol. The lowest BCUT2D eigenvalue weighted by Crippen LogP contribution is -2.15. The van der Waals surface area contributed by atoms with Crippen molar-refractivity contribution >= 4 is 57.1 Å². The summed E-state index contributed by atoms with van der Waals surface area (Å²) < 4.78 is 16.9. The summed E-state index contributed by atoms with van der Waals surface area (Å²) in [6, 6.07) is 3.65. The van der Waals surface area contributed by atoms with E-state index in [1.807, 2.05) is 13.0 Å². The molecule has 26 heavy (non-hydrogen) atoms. The van der Waals surface area contributed by atoms with E-state index >= 15 is 0 Å². The Morgan fingerprint density at radius 2 is 2.19 bits per heavy atom. The number of carbonyl (C=O) groups excluding carboxylic acids is 1. The molecule has 0 aliphatic heterocycles. The van der Waals surface area contributed by atoms with E-state index in [0.29, 0.717) is 35.7 Å². The van der Waals surface area contributed by atoms with Crippen molar-refractivity contribution in [1.82, 2.24) is 4.98 Å². The van der Waals surface area contributed by atoms with Crippen LogP contribution in [-0.4, -0.2) is 37.0 Å². The molecule has 0 aliphatic carbocycles. The van der Waals surface area contributed by atoms with Gasteiger partial charge in [0.2, 0.25) is 5.13 Å². The van der Waals surface area contributed by atoms with E-state index in [1.165, 1.54) is 11.3 Å². The third-order valence-electron chi connectivity index (χ3n) is 2.87. The lowest BCUT2D eigenvalue weighted by Gasteiger charge is -2.14. The summed E-state index contributed by atoms with van der Waals surface area (Å²) in [6.45, 7) is 4.21. The smallest absolute Gasteiger partial charge is 0.344 e. The highest BCUT2D eigenvalue weighted by atomic mass is 127. The van der Waals surface area contributed by atoms with Gasteiger partial charge < -0.3 is 19.9 Å². The summed E-state index contributed by atoms with van der Waals surface area (Å²) in [6.07, 6.45) is 1.64. The number of nitrogens with one attached hydrogen (secondary N) is 1. The van der Waals surface area contributed by atoms with E-state index in [4.69, 9.17) is 19.9 Å². The van der Waals surface area contributed by atoms with E-state index in [9.17, 15) is 4.79 Å². The fourth-order valence-electron chi connectivity index (χ4n) is 1.90. The van der Waals surface area contributed by atoms with Crippen LogP contribution < -0.4 is 20.6 Å². The van der Waals surface area contributed by atoms with Crippen molar-refractivity contribution < 1.29 is 19.0 Å². The normalized spacial score (nSPS) is 10.7. The van der Waals surface area contributed by atoms with Crippen molar-refractivity contribution in [3.8, 4) is 11.5 Å². The van der Waals surface area contributed by atoms with Crippen molar-refractivity contribution in [2.45, 2.75) is 13.8 Å². The molecule has 0 amide bonds. The molecule has 0 radical (unpaired) electrons. The zero-order valence-corrected chi connectivity index (χ0v) is 17.3. The summed E-state index contributed by atoms with van der Waals surface area (Å²) in [5.74, 6) is 1.05. The number of halogens is 1. The molecule has 1 aromatic heterocycles. The van der Waals surface area contributed by atoms with Crippen LogP contribution in [-0.2, 0) is 9.53 Å². The molecule has 1 heterocycles. The Labute approximate surface area is 168 Å². The molecule has 0 saturated carbocycles. The van der Waals surface area contributed by atoms with Crippen molar-refractivity contribution in [3.05, 3.63) is 26.6 Å². The van der Waals surface area contributed by atoms with Crippen molar-refractivity contribution in [2.75, 3.05) is 31.0 Å². The number of aromatic nitrogens is 1. The lowest BCUT2D eigenvalue weighted by atomic mass is 10.2. The summed E-state index contributed by atoms with van der Waals surface area (Å²) in [5, 5.41) is 6.47. The Bertz CT molecular complexity index is 782. The zero-order valence-electron chi connectivity index (χ0n) is 14.3. The number of carbonyl (C=O) groups is 1. The van der Waals surface area contributed by atoms with Gasteiger partial charge in [-0.3, -0.25) is 5.43 Å². The van der Waals surface area contributed by atoms with E-state index in [-0.39, 0.29) is 6.61 Å². The van der Waals surface area contributed by atoms with Gasteiger partial charge in [0.25, 0.3) is 0 Å². The molecule has 0 saturated heterocycles. The molecule has 2 aromatic rings. The van der Waals surface area contributed by atoms with Crippen LogP contribution in [0.2, 0.25) is 0 Å². The van der Waals surface area contributed by atoms with Crippen LogP contribution in [0.15, 0.2) is 22.6 Å². The maximum absolute atomic E-state index is 11.5. The van der Waals surface area contributed by atoms with Crippen molar-refractivity contribution in [3.63, 3.8) is 0 Å². The first-order valence-corrected chi connectivity index (χ1v) is 9.74. The average Bonchev–Trinajstić information content (AvgIpc) is 3.00. The second kappa shape index (κ2) is 10.2. The Hall–Kier alpha value is -2.08. The summed E-state index contributed by atoms with van der Waals surface area (Å²) in [4.78, 5) is 15.6. The highest BCUT2D eigenvalue weighted by Crippen LogP contribution is 2.34. The van der Waals surface area contributed by atoms with Gasteiger partial charge in [-0.2, -0.15) is 5.10 Å². The minimum absolute atomic E-state index is 0.176. The quantitative estimate of drug-likeness (QED) is 0.241. The Morgan fingerprint density at radius 3 is 2.85 bits per heavy atom. The van der Waals surface area contributed by atoms with Gasteiger partial charge in [-0.1, -0.05) is 0 Å². The summed E-state index contributed by atoms with van der Waals surface area (Å²) in [5.41, 5.74) is 9.18. The van der Waals surface area contributed by atoms with Crippen LogP contribution in [0.25, 0.3) is 0 Å². The van der Waals surface area contributed by atoms with Gasteiger partial charge in [0.05, 0.1) is 23.0 Å². The van der Waals surface area contributed by atoms with E-state index in [2.05, 4.69) is 38.1 Å². The maximum Gasteiger partial charge on any atom is 0.344 e. The highest BCUT2D eigenvalue weighted by molar-refractivity contribution is 14.1. The molecule has 1 aromatic carbocycles. The monoisotopic (exact) mass is 490 g/mol. The van der Waals surface area contributed by atoms with E-state index in [1.54, 1.807) is 24.6 Å². The molecular formula is C16H19IN4O4S. The van der Waals surface area contributed by atoms with Gasteiger partial charge in [0, 0.05) is 5.38 Å². The highest BCUT2D eigenvalue weighted by Gasteiger charge is 2.14. The third kappa shape index (κ3) is 6.02. The van der Waals surface area contributed by atoms with Gasteiger partial charge in [-0.25, -0.2) is 9.78 Å². The number of hydrogen-bond acceptors (Lipinski definition) is 9. The standard InChI is InChI=1S/C16H19IN4O4S/c1-3-23-12-6-10(7-19-21-16-20-13(18)9-26-16)5-11(17)15(12)25-8-14(22)24-4-2/h5-7,9H,3-4,8,18H2,1-2H3,(H,20,21). The number of nitrogens with zero attached hydrogens (tertiary/aromatic N) is 2.